The van der Waals surface area contributed by atoms with Crippen molar-refractivity contribution >= 4 is 0 Å². The molecular weight excluding hydrogens is 248 g/mol. The van der Waals surface area contributed by atoms with Crippen molar-refractivity contribution in [2.24, 2.45) is 7.05 Å². The molecule has 1 saturated heterocycles. The first kappa shape index (κ1) is 15.5. The van der Waals surface area contributed by atoms with Crippen LogP contribution in [-0.4, -0.2) is 45.9 Å². The smallest absolute Gasteiger partial charge is 0.0492 e. The lowest BCUT2D eigenvalue weighted by molar-refractivity contribution is 0.0476. The van der Waals surface area contributed by atoms with E-state index in [1.54, 1.807) is 0 Å². The van der Waals surface area contributed by atoms with Crippen molar-refractivity contribution in [3.63, 3.8) is 0 Å². The summed E-state index contributed by atoms with van der Waals surface area (Å²) in [7, 11) is 2.03. The Labute approximate surface area is 123 Å². The molecule has 1 aromatic heterocycles. The van der Waals surface area contributed by atoms with Gasteiger partial charge in [0.25, 0.3) is 0 Å². The number of nitrogens with zero attached hydrogens (tertiary/aromatic N) is 3. The van der Waals surface area contributed by atoms with E-state index in [4.69, 9.17) is 0 Å². The number of nitrogens with one attached hydrogen (secondary N) is 1. The quantitative estimate of drug-likeness (QED) is 0.866. The van der Waals surface area contributed by atoms with Gasteiger partial charge in [0.2, 0.25) is 0 Å². The van der Waals surface area contributed by atoms with Crippen LogP contribution < -0.4 is 5.32 Å². The lowest BCUT2D eigenvalue weighted by Gasteiger charge is -2.48. The fraction of sp³-hybridized carbons (Fsp3) is 0.812. The zero-order valence-corrected chi connectivity index (χ0v) is 13.5. The molecule has 0 radical (unpaired) electrons. The van der Waals surface area contributed by atoms with Crippen LogP contribution in [-0.2, 0) is 13.5 Å². The van der Waals surface area contributed by atoms with Crippen molar-refractivity contribution in [2.75, 3.05) is 19.6 Å². The Hall–Kier alpha value is -0.870. The van der Waals surface area contributed by atoms with E-state index >= 15 is 0 Å². The molecule has 0 bridgehead atoms. The normalized spacial score (nSPS) is 27.9. The van der Waals surface area contributed by atoms with Gasteiger partial charge in [-0.3, -0.25) is 9.58 Å². The second-order valence-corrected chi connectivity index (χ2v) is 6.36. The lowest BCUT2D eigenvalue weighted by atomic mass is 9.91. The molecule has 2 atom stereocenters. The minimum absolute atomic E-state index is 0.294. The second-order valence-electron chi connectivity index (χ2n) is 6.36. The van der Waals surface area contributed by atoms with Gasteiger partial charge in [0.05, 0.1) is 0 Å². The van der Waals surface area contributed by atoms with Gasteiger partial charge < -0.3 is 5.32 Å². The molecule has 1 fully saturated rings. The monoisotopic (exact) mass is 278 g/mol. The van der Waals surface area contributed by atoms with Crippen molar-refractivity contribution in [2.45, 2.75) is 58.0 Å². The van der Waals surface area contributed by atoms with Gasteiger partial charge in [0.15, 0.2) is 0 Å². The summed E-state index contributed by atoms with van der Waals surface area (Å²) >= 11 is 0. The van der Waals surface area contributed by atoms with E-state index in [9.17, 15) is 0 Å². The molecule has 4 nitrogen and oxygen atoms in total. The largest absolute Gasteiger partial charge is 0.311 e. The second kappa shape index (κ2) is 6.72. The number of aryl methyl sites for hydroxylation is 1. The van der Waals surface area contributed by atoms with Gasteiger partial charge >= 0.3 is 0 Å². The van der Waals surface area contributed by atoms with Crippen LogP contribution in [0.2, 0.25) is 0 Å². The van der Waals surface area contributed by atoms with Crippen LogP contribution >= 0.6 is 0 Å². The summed E-state index contributed by atoms with van der Waals surface area (Å²) in [6.07, 6.45) is 6.72. The van der Waals surface area contributed by atoms with Crippen molar-refractivity contribution in [1.29, 1.82) is 0 Å². The van der Waals surface area contributed by atoms with Crippen molar-refractivity contribution in [1.82, 2.24) is 20.0 Å². The van der Waals surface area contributed by atoms with E-state index in [1.807, 2.05) is 17.9 Å². The van der Waals surface area contributed by atoms with E-state index in [1.165, 1.54) is 31.5 Å². The van der Waals surface area contributed by atoms with Crippen molar-refractivity contribution in [3.8, 4) is 0 Å². The Morgan fingerprint density at radius 3 is 2.85 bits per heavy atom. The molecule has 1 aromatic rings. The standard InChI is InChI=1S/C16H30N4/c1-5-7-14-12-20(16(3,6-2)13-17-14)11-9-15-8-10-18-19(15)4/h8,10,14,17H,5-7,9,11-13H2,1-4H3. The molecule has 0 saturated carbocycles. The lowest BCUT2D eigenvalue weighted by Crippen LogP contribution is -2.63. The van der Waals surface area contributed by atoms with Crippen molar-refractivity contribution in [3.05, 3.63) is 18.0 Å². The molecule has 20 heavy (non-hydrogen) atoms. The van der Waals surface area contributed by atoms with Gasteiger partial charge in [-0.1, -0.05) is 20.3 Å². The van der Waals surface area contributed by atoms with E-state index in [-0.39, 0.29) is 0 Å². The van der Waals surface area contributed by atoms with E-state index in [0.717, 1.165) is 19.5 Å². The first-order valence-electron chi connectivity index (χ1n) is 8.04. The van der Waals surface area contributed by atoms with Crippen LogP contribution in [0.3, 0.4) is 0 Å². The zero-order chi connectivity index (χ0) is 14.6. The van der Waals surface area contributed by atoms with Crippen molar-refractivity contribution < 1.29 is 0 Å². The van der Waals surface area contributed by atoms with Crippen LogP contribution in [0.1, 0.15) is 45.7 Å². The minimum atomic E-state index is 0.294. The molecule has 1 N–H and O–H groups in total. The summed E-state index contributed by atoms with van der Waals surface area (Å²) < 4.78 is 2.00. The molecule has 2 unspecified atom stereocenters. The maximum Gasteiger partial charge on any atom is 0.0492 e. The molecule has 0 spiro atoms. The minimum Gasteiger partial charge on any atom is -0.311 e. The average Bonchev–Trinajstić information content (AvgIpc) is 2.85. The summed E-state index contributed by atoms with van der Waals surface area (Å²) in [4.78, 5) is 2.69. The van der Waals surface area contributed by atoms with E-state index < -0.39 is 0 Å². The fourth-order valence-corrected chi connectivity index (χ4v) is 3.17. The Kier molecular flexibility index (Phi) is 5.22. The molecule has 2 heterocycles. The fourth-order valence-electron chi connectivity index (χ4n) is 3.17. The third kappa shape index (κ3) is 3.41. The maximum atomic E-state index is 4.27. The van der Waals surface area contributed by atoms with Gasteiger partial charge in [-0.05, 0) is 25.8 Å². The van der Waals surface area contributed by atoms with Crippen LogP contribution in [0.15, 0.2) is 12.3 Å². The van der Waals surface area contributed by atoms with Crippen LogP contribution in [0.25, 0.3) is 0 Å². The molecule has 0 amide bonds. The molecule has 1 aliphatic heterocycles. The van der Waals surface area contributed by atoms with E-state index in [0.29, 0.717) is 11.6 Å². The summed E-state index contributed by atoms with van der Waals surface area (Å²) in [6.45, 7) is 10.4. The highest BCUT2D eigenvalue weighted by Gasteiger charge is 2.35. The Morgan fingerprint density at radius 1 is 1.45 bits per heavy atom. The molecule has 4 heteroatoms. The summed E-state index contributed by atoms with van der Waals surface area (Å²) in [5, 5.41) is 8.00. The zero-order valence-electron chi connectivity index (χ0n) is 13.5. The highest BCUT2D eigenvalue weighted by molar-refractivity contribution is 5.02. The molecule has 114 valence electrons. The Balaban J connectivity index is 1.98. The number of rotatable bonds is 6. The summed E-state index contributed by atoms with van der Waals surface area (Å²) in [5.74, 6) is 0. The molecule has 2 rings (SSSR count). The van der Waals surface area contributed by atoms with E-state index in [2.05, 4.69) is 42.2 Å². The Morgan fingerprint density at radius 2 is 2.25 bits per heavy atom. The predicted octanol–water partition coefficient (Wildman–Crippen LogP) is 2.21. The highest BCUT2D eigenvalue weighted by atomic mass is 15.3. The number of piperazine rings is 1. The molecule has 1 aliphatic rings. The third-order valence-electron chi connectivity index (χ3n) is 4.93. The number of hydrogen-bond acceptors (Lipinski definition) is 3. The van der Waals surface area contributed by atoms with Crippen LogP contribution in [0.4, 0.5) is 0 Å². The van der Waals surface area contributed by atoms with Gasteiger partial charge in [-0.25, -0.2) is 0 Å². The van der Waals surface area contributed by atoms with Crippen LogP contribution in [0.5, 0.6) is 0 Å². The Bertz CT molecular complexity index is 414. The van der Waals surface area contributed by atoms with Crippen LogP contribution in [0, 0.1) is 0 Å². The SMILES string of the molecule is CCCC1CN(CCc2ccnn2C)C(C)(CC)CN1. The van der Waals surface area contributed by atoms with Gasteiger partial charge in [-0.15, -0.1) is 0 Å². The van der Waals surface area contributed by atoms with Gasteiger partial charge in [0.1, 0.15) is 0 Å². The highest BCUT2D eigenvalue weighted by Crippen LogP contribution is 2.24. The van der Waals surface area contributed by atoms with Gasteiger partial charge in [0, 0.05) is 56.6 Å². The average molecular weight is 278 g/mol. The van der Waals surface area contributed by atoms with Gasteiger partial charge in [-0.2, -0.15) is 5.10 Å². The molecule has 0 aromatic carbocycles. The number of aromatic nitrogens is 2. The third-order valence-corrected chi connectivity index (χ3v) is 4.93. The number of hydrogen-bond donors (Lipinski definition) is 1. The first-order valence-corrected chi connectivity index (χ1v) is 8.04. The molecule has 0 aliphatic carbocycles. The summed E-state index contributed by atoms with van der Waals surface area (Å²) in [5.41, 5.74) is 1.62. The first-order chi connectivity index (χ1) is 9.59. The predicted molar refractivity (Wildman–Crippen MR) is 83.9 cm³/mol. The topological polar surface area (TPSA) is 33.1 Å². The molecular formula is C16H30N4. The maximum absolute atomic E-state index is 4.27. The summed E-state index contributed by atoms with van der Waals surface area (Å²) in [6, 6.07) is 2.79.